The number of carbonyl (C=O) groups excluding carboxylic acids is 2. The van der Waals surface area contributed by atoms with E-state index in [1.54, 1.807) is 0 Å². The van der Waals surface area contributed by atoms with Gasteiger partial charge in [-0.1, -0.05) is 61.9 Å². The molecule has 0 bridgehead atoms. The Morgan fingerprint density at radius 1 is 1.03 bits per heavy atom. The van der Waals surface area contributed by atoms with E-state index in [0.717, 1.165) is 41.5 Å². The molecule has 4 nitrogen and oxygen atoms in total. The molecule has 0 N–H and O–H groups in total. The Morgan fingerprint density at radius 2 is 1.69 bits per heavy atom. The maximum absolute atomic E-state index is 13.4. The number of aryl methyl sites for hydroxylation is 3. The van der Waals surface area contributed by atoms with Crippen molar-refractivity contribution < 1.29 is 19.1 Å². The van der Waals surface area contributed by atoms with Crippen molar-refractivity contribution in [1.82, 2.24) is 0 Å². The van der Waals surface area contributed by atoms with Gasteiger partial charge < -0.3 is 9.47 Å². The summed E-state index contributed by atoms with van der Waals surface area (Å²) in [4.78, 5) is 25.3. The van der Waals surface area contributed by atoms with Crippen molar-refractivity contribution >= 4 is 17.3 Å². The molecule has 32 heavy (non-hydrogen) atoms. The minimum atomic E-state index is -0.380. The number of esters is 1. The normalized spacial score (nSPS) is 16.4. The zero-order valence-electron chi connectivity index (χ0n) is 19.7. The third-order valence-electron chi connectivity index (χ3n) is 6.01. The quantitative estimate of drug-likeness (QED) is 0.360. The third kappa shape index (κ3) is 5.95. The van der Waals surface area contributed by atoms with E-state index in [2.05, 4.69) is 32.9 Å². The van der Waals surface area contributed by atoms with E-state index in [-0.39, 0.29) is 17.7 Å². The third-order valence-corrected chi connectivity index (χ3v) is 6.01. The highest BCUT2D eigenvalue weighted by Crippen LogP contribution is 2.38. The second-order valence-electron chi connectivity index (χ2n) is 8.58. The number of allylic oxidation sites excluding steroid dienone is 2. The van der Waals surface area contributed by atoms with Crippen molar-refractivity contribution in [3.8, 4) is 0 Å². The van der Waals surface area contributed by atoms with Gasteiger partial charge in [-0.15, -0.1) is 0 Å². The fourth-order valence-corrected chi connectivity index (χ4v) is 4.54. The van der Waals surface area contributed by atoms with E-state index < -0.39 is 0 Å². The van der Waals surface area contributed by atoms with Gasteiger partial charge in [0.15, 0.2) is 5.78 Å². The predicted molar refractivity (Wildman–Crippen MR) is 127 cm³/mol. The molecule has 1 aliphatic carbocycles. The fraction of sp³-hybridized carbons (Fsp3) is 0.429. The van der Waals surface area contributed by atoms with Crippen LogP contribution in [0.4, 0.5) is 0 Å². The first kappa shape index (κ1) is 23.9. The molecule has 0 heterocycles. The lowest BCUT2D eigenvalue weighted by molar-refractivity contribution is -0.137. The molecule has 170 valence electrons. The first-order chi connectivity index (χ1) is 15.4. The van der Waals surface area contributed by atoms with Gasteiger partial charge in [-0.3, -0.25) is 9.59 Å². The smallest absolute Gasteiger partial charge is 0.307 e. The summed E-state index contributed by atoms with van der Waals surface area (Å²) in [5.41, 5.74) is 6.18. The molecule has 0 aromatic heterocycles. The van der Waals surface area contributed by atoms with Gasteiger partial charge in [-0.25, -0.2) is 0 Å². The summed E-state index contributed by atoms with van der Waals surface area (Å²) in [6.07, 6.45) is 3.44. The number of hydrogen-bond donors (Lipinski definition) is 0. The van der Waals surface area contributed by atoms with Crippen LogP contribution in [0.2, 0.25) is 0 Å². The molecular weight excluding hydrogens is 400 g/mol. The van der Waals surface area contributed by atoms with E-state index in [1.807, 2.05) is 30.3 Å². The minimum Gasteiger partial charge on any atom is -0.430 e. The number of rotatable bonds is 9. The molecule has 1 atom stereocenters. The Bertz CT molecular complexity index is 963. The number of carbonyl (C=O) groups is 2. The fourth-order valence-electron chi connectivity index (χ4n) is 4.54. The van der Waals surface area contributed by atoms with Gasteiger partial charge >= 0.3 is 5.97 Å². The number of ketones is 1. The molecule has 1 unspecified atom stereocenters. The second-order valence-corrected chi connectivity index (χ2v) is 8.58. The van der Waals surface area contributed by atoms with Crippen molar-refractivity contribution in [2.45, 2.75) is 66.4 Å². The van der Waals surface area contributed by atoms with Gasteiger partial charge in [0.1, 0.15) is 5.76 Å². The highest BCUT2D eigenvalue weighted by Gasteiger charge is 2.32. The van der Waals surface area contributed by atoms with Gasteiger partial charge in [-0.05, 0) is 54.4 Å². The summed E-state index contributed by atoms with van der Waals surface area (Å²) >= 11 is 0. The second kappa shape index (κ2) is 11.2. The summed E-state index contributed by atoms with van der Waals surface area (Å²) in [5.74, 6) is 0.315. The lowest BCUT2D eigenvalue weighted by Gasteiger charge is -2.28. The lowest BCUT2D eigenvalue weighted by Crippen LogP contribution is -2.23. The van der Waals surface area contributed by atoms with Crippen LogP contribution in [0.5, 0.6) is 0 Å². The summed E-state index contributed by atoms with van der Waals surface area (Å²) < 4.78 is 11.5. The highest BCUT2D eigenvalue weighted by atomic mass is 16.5. The van der Waals surface area contributed by atoms with Gasteiger partial charge in [0, 0.05) is 26.4 Å². The summed E-state index contributed by atoms with van der Waals surface area (Å²) in [6.45, 7) is 8.81. The Hall–Kier alpha value is -2.72. The van der Waals surface area contributed by atoms with Crippen molar-refractivity contribution in [3.63, 3.8) is 0 Å². The summed E-state index contributed by atoms with van der Waals surface area (Å²) in [6, 6.07) is 14.3. The number of Topliss-reactive ketones (excluding diaryl/α,β-unsaturated/α-hetero) is 1. The molecule has 1 aliphatic rings. The molecule has 2 aromatic carbocycles. The number of hydrogen-bond acceptors (Lipinski definition) is 4. The van der Waals surface area contributed by atoms with Crippen molar-refractivity contribution in [2.75, 3.05) is 6.61 Å². The summed E-state index contributed by atoms with van der Waals surface area (Å²) in [7, 11) is 0. The average molecular weight is 435 g/mol. The lowest BCUT2D eigenvalue weighted by atomic mass is 9.79. The number of benzene rings is 2. The van der Waals surface area contributed by atoms with Gasteiger partial charge in [0.25, 0.3) is 0 Å². The Balaban J connectivity index is 1.82. The Labute approximate surface area is 191 Å². The van der Waals surface area contributed by atoms with E-state index in [0.29, 0.717) is 37.4 Å². The van der Waals surface area contributed by atoms with E-state index >= 15 is 0 Å². The first-order valence-corrected chi connectivity index (χ1v) is 11.6. The summed E-state index contributed by atoms with van der Waals surface area (Å²) in [5, 5.41) is 0. The standard InChI is InChI=1S/C28H34O4/c1-5-23-14-19(3)15-24(6-2)27(23)28-25(30)16-22(17-26(28)32-20(4)29)12-13-31-18-21-10-8-7-9-11-21/h7-11,14-15,22H,5-6,12-13,16-18H2,1-4H3. The Morgan fingerprint density at radius 3 is 2.28 bits per heavy atom. The minimum absolute atomic E-state index is 0.0637. The molecule has 3 rings (SSSR count). The van der Waals surface area contributed by atoms with E-state index in [9.17, 15) is 9.59 Å². The van der Waals surface area contributed by atoms with E-state index in [4.69, 9.17) is 9.47 Å². The molecule has 0 aliphatic heterocycles. The zero-order chi connectivity index (χ0) is 23.1. The van der Waals surface area contributed by atoms with Crippen LogP contribution >= 0.6 is 0 Å². The van der Waals surface area contributed by atoms with Gasteiger partial charge in [0.05, 0.1) is 12.2 Å². The molecule has 0 radical (unpaired) electrons. The molecule has 4 heteroatoms. The maximum atomic E-state index is 13.4. The van der Waals surface area contributed by atoms with Crippen LogP contribution in [0.15, 0.2) is 48.2 Å². The van der Waals surface area contributed by atoms with Crippen LogP contribution in [0.25, 0.3) is 5.57 Å². The molecule has 2 aromatic rings. The van der Waals surface area contributed by atoms with Crippen LogP contribution in [0.1, 0.15) is 67.9 Å². The number of ether oxygens (including phenoxy) is 2. The van der Waals surface area contributed by atoms with Crippen molar-refractivity contribution in [1.29, 1.82) is 0 Å². The molecule has 0 spiro atoms. The Kier molecular flexibility index (Phi) is 8.40. The topological polar surface area (TPSA) is 52.6 Å². The van der Waals surface area contributed by atoms with Gasteiger partial charge in [-0.2, -0.15) is 0 Å². The monoisotopic (exact) mass is 434 g/mol. The van der Waals surface area contributed by atoms with Crippen LogP contribution in [-0.2, 0) is 38.5 Å². The van der Waals surface area contributed by atoms with Gasteiger partial charge in [0.2, 0.25) is 0 Å². The average Bonchev–Trinajstić information content (AvgIpc) is 2.77. The molecule has 0 amide bonds. The SMILES string of the molecule is CCc1cc(C)cc(CC)c1C1=C(OC(C)=O)CC(CCOCc2ccccc2)CC1=O. The van der Waals surface area contributed by atoms with Crippen LogP contribution < -0.4 is 0 Å². The van der Waals surface area contributed by atoms with E-state index in [1.165, 1.54) is 12.5 Å². The highest BCUT2D eigenvalue weighted by molar-refractivity contribution is 6.23. The first-order valence-electron chi connectivity index (χ1n) is 11.6. The largest absolute Gasteiger partial charge is 0.430 e. The zero-order valence-corrected chi connectivity index (χ0v) is 19.7. The van der Waals surface area contributed by atoms with Crippen molar-refractivity contribution in [3.05, 3.63) is 76.0 Å². The molecule has 0 fully saturated rings. The van der Waals surface area contributed by atoms with Crippen LogP contribution in [0, 0.1) is 12.8 Å². The molecule has 0 saturated heterocycles. The molecular formula is C28H34O4. The van der Waals surface area contributed by atoms with Crippen LogP contribution in [-0.4, -0.2) is 18.4 Å². The molecule has 0 saturated carbocycles. The van der Waals surface area contributed by atoms with Crippen LogP contribution in [0.3, 0.4) is 0 Å². The predicted octanol–water partition coefficient (Wildman–Crippen LogP) is 5.98. The van der Waals surface area contributed by atoms with Crippen molar-refractivity contribution in [2.24, 2.45) is 5.92 Å². The maximum Gasteiger partial charge on any atom is 0.307 e.